The van der Waals surface area contributed by atoms with Gasteiger partial charge in [-0.1, -0.05) is 44.2 Å². The lowest BCUT2D eigenvalue weighted by atomic mass is 9.90. The number of aryl methyl sites for hydroxylation is 1. The Morgan fingerprint density at radius 1 is 1.22 bits per heavy atom. The van der Waals surface area contributed by atoms with E-state index in [4.69, 9.17) is 5.73 Å². The fourth-order valence-corrected chi connectivity index (χ4v) is 3.30. The summed E-state index contributed by atoms with van der Waals surface area (Å²) in [6.07, 6.45) is 5.39. The van der Waals surface area contributed by atoms with Crippen LogP contribution in [0, 0.1) is 11.8 Å². The van der Waals surface area contributed by atoms with Gasteiger partial charge >= 0.3 is 0 Å². The van der Waals surface area contributed by atoms with E-state index in [1.165, 1.54) is 12.0 Å². The van der Waals surface area contributed by atoms with E-state index in [1.54, 1.807) is 0 Å². The van der Waals surface area contributed by atoms with Crippen LogP contribution in [0.3, 0.4) is 0 Å². The Hall–Kier alpha value is -1.06. The van der Waals surface area contributed by atoms with Gasteiger partial charge in [-0.05, 0) is 49.5 Å². The lowest BCUT2D eigenvalue weighted by Crippen LogP contribution is -2.47. The van der Waals surface area contributed by atoms with Gasteiger partial charge in [0.2, 0.25) is 5.91 Å². The summed E-state index contributed by atoms with van der Waals surface area (Å²) in [5.41, 5.74) is 7.44. The first kappa shape index (κ1) is 20.0. The predicted octanol–water partition coefficient (Wildman–Crippen LogP) is 3.65. The molecule has 0 unspecified atom stereocenters. The van der Waals surface area contributed by atoms with Crippen LogP contribution in [0.25, 0.3) is 0 Å². The number of hydrogen-bond acceptors (Lipinski definition) is 2. The fraction of sp³-hybridized carbons (Fsp3) is 0.632. The second kappa shape index (κ2) is 9.94. The lowest BCUT2D eigenvalue weighted by molar-refractivity contribution is -0.134. The van der Waals surface area contributed by atoms with E-state index in [0.717, 1.165) is 44.7 Å². The van der Waals surface area contributed by atoms with Crippen LogP contribution >= 0.6 is 12.4 Å². The van der Waals surface area contributed by atoms with Gasteiger partial charge in [0.25, 0.3) is 0 Å². The molecule has 0 spiro atoms. The SMILES string of the molecule is CC(C)C[C@H](N)C(=O)N1CCC(CCc2ccccc2)CC1.Cl. The molecule has 1 aromatic carbocycles. The Morgan fingerprint density at radius 3 is 2.39 bits per heavy atom. The molecule has 0 aliphatic carbocycles. The molecular formula is C19H31ClN2O. The van der Waals surface area contributed by atoms with Crippen LogP contribution in [0.2, 0.25) is 0 Å². The average Bonchev–Trinajstić information content (AvgIpc) is 2.53. The summed E-state index contributed by atoms with van der Waals surface area (Å²) in [4.78, 5) is 14.3. The van der Waals surface area contributed by atoms with Crippen LogP contribution in [0.4, 0.5) is 0 Å². The lowest BCUT2D eigenvalue weighted by Gasteiger charge is -2.34. The zero-order valence-corrected chi connectivity index (χ0v) is 15.2. The summed E-state index contributed by atoms with van der Waals surface area (Å²) >= 11 is 0. The number of piperidine rings is 1. The van der Waals surface area contributed by atoms with Crippen LogP contribution in [-0.2, 0) is 11.2 Å². The maximum absolute atomic E-state index is 12.3. The summed E-state index contributed by atoms with van der Waals surface area (Å²) in [6.45, 7) is 5.99. The first-order chi connectivity index (χ1) is 10.6. The maximum Gasteiger partial charge on any atom is 0.239 e. The number of amides is 1. The molecule has 0 saturated carbocycles. The van der Waals surface area contributed by atoms with E-state index < -0.39 is 0 Å². The van der Waals surface area contributed by atoms with E-state index in [2.05, 4.69) is 44.2 Å². The van der Waals surface area contributed by atoms with Crippen LogP contribution in [0.15, 0.2) is 30.3 Å². The Morgan fingerprint density at radius 2 is 1.83 bits per heavy atom. The normalized spacial score (nSPS) is 17.0. The first-order valence-electron chi connectivity index (χ1n) is 8.64. The number of likely N-dealkylation sites (tertiary alicyclic amines) is 1. The number of halogens is 1. The molecule has 1 fully saturated rings. The van der Waals surface area contributed by atoms with E-state index in [-0.39, 0.29) is 24.4 Å². The highest BCUT2D eigenvalue weighted by Crippen LogP contribution is 2.23. The number of carbonyl (C=O) groups is 1. The minimum absolute atomic E-state index is 0. The number of carbonyl (C=O) groups excluding carboxylic acids is 1. The number of nitrogens with two attached hydrogens (primary N) is 1. The molecule has 1 saturated heterocycles. The predicted molar refractivity (Wildman–Crippen MR) is 98.7 cm³/mol. The quantitative estimate of drug-likeness (QED) is 0.860. The molecule has 2 rings (SSSR count). The largest absolute Gasteiger partial charge is 0.341 e. The number of rotatable bonds is 6. The summed E-state index contributed by atoms with van der Waals surface area (Å²) < 4.78 is 0. The van der Waals surface area contributed by atoms with Gasteiger partial charge in [-0.2, -0.15) is 0 Å². The molecule has 0 radical (unpaired) electrons. The molecule has 23 heavy (non-hydrogen) atoms. The molecule has 1 amide bonds. The van der Waals surface area contributed by atoms with Crippen molar-refractivity contribution in [3.63, 3.8) is 0 Å². The Balaban J connectivity index is 0.00000264. The number of hydrogen-bond donors (Lipinski definition) is 1. The van der Waals surface area contributed by atoms with Gasteiger partial charge in [-0.25, -0.2) is 0 Å². The van der Waals surface area contributed by atoms with E-state index in [1.807, 2.05) is 4.90 Å². The summed E-state index contributed by atoms with van der Waals surface area (Å²) in [5.74, 6) is 1.36. The zero-order chi connectivity index (χ0) is 15.9. The second-order valence-electron chi connectivity index (χ2n) is 7.03. The summed E-state index contributed by atoms with van der Waals surface area (Å²) in [5, 5.41) is 0. The average molecular weight is 339 g/mol. The molecular weight excluding hydrogens is 308 g/mol. The van der Waals surface area contributed by atoms with Crippen molar-refractivity contribution in [1.82, 2.24) is 4.90 Å². The van der Waals surface area contributed by atoms with Crippen LogP contribution in [-0.4, -0.2) is 29.9 Å². The van der Waals surface area contributed by atoms with Gasteiger partial charge in [0.05, 0.1) is 6.04 Å². The van der Waals surface area contributed by atoms with E-state index in [0.29, 0.717) is 5.92 Å². The maximum atomic E-state index is 12.3. The molecule has 2 N–H and O–H groups in total. The highest BCUT2D eigenvalue weighted by atomic mass is 35.5. The smallest absolute Gasteiger partial charge is 0.239 e. The monoisotopic (exact) mass is 338 g/mol. The molecule has 130 valence electrons. The first-order valence-corrected chi connectivity index (χ1v) is 8.64. The number of benzene rings is 1. The van der Waals surface area contributed by atoms with Crippen LogP contribution in [0.5, 0.6) is 0 Å². The molecule has 0 aromatic heterocycles. The molecule has 3 nitrogen and oxygen atoms in total. The van der Waals surface area contributed by atoms with E-state index >= 15 is 0 Å². The Kier molecular flexibility index (Phi) is 8.64. The van der Waals surface area contributed by atoms with Gasteiger partial charge < -0.3 is 10.6 Å². The van der Waals surface area contributed by atoms with Crippen LogP contribution in [0.1, 0.15) is 45.1 Å². The molecule has 4 heteroatoms. The van der Waals surface area contributed by atoms with Gasteiger partial charge in [0.1, 0.15) is 0 Å². The van der Waals surface area contributed by atoms with Gasteiger partial charge in [0.15, 0.2) is 0 Å². The minimum Gasteiger partial charge on any atom is -0.341 e. The summed E-state index contributed by atoms with van der Waals surface area (Å²) in [6, 6.07) is 10.3. The van der Waals surface area contributed by atoms with Crippen molar-refractivity contribution >= 4 is 18.3 Å². The van der Waals surface area contributed by atoms with Crippen molar-refractivity contribution in [3.05, 3.63) is 35.9 Å². The third-order valence-electron chi connectivity index (χ3n) is 4.65. The topological polar surface area (TPSA) is 46.3 Å². The van der Waals surface area contributed by atoms with Gasteiger partial charge in [0, 0.05) is 13.1 Å². The minimum atomic E-state index is -0.319. The molecule has 1 aliphatic heterocycles. The molecule has 1 atom stereocenters. The molecule has 1 heterocycles. The van der Waals surface area contributed by atoms with Crippen molar-refractivity contribution in [3.8, 4) is 0 Å². The molecule has 0 bridgehead atoms. The van der Waals surface area contributed by atoms with Crippen molar-refractivity contribution in [1.29, 1.82) is 0 Å². The zero-order valence-electron chi connectivity index (χ0n) is 14.4. The van der Waals surface area contributed by atoms with Crippen molar-refractivity contribution in [2.45, 2.75) is 52.0 Å². The highest BCUT2D eigenvalue weighted by molar-refractivity contribution is 5.85. The third kappa shape index (κ3) is 6.52. The van der Waals surface area contributed by atoms with Crippen molar-refractivity contribution < 1.29 is 4.79 Å². The highest BCUT2D eigenvalue weighted by Gasteiger charge is 2.26. The molecule has 1 aliphatic rings. The van der Waals surface area contributed by atoms with Crippen LogP contribution < -0.4 is 5.73 Å². The van der Waals surface area contributed by atoms with E-state index in [9.17, 15) is 4.79 Å². The second-order valence-corrected chi connectivity index (χ2v) is 7.03. The Bertz CT molecular complexity index is 456. The van der Waals surface area contributed by atoms with Crippen molar-refractivity contribution in [2.24, 2.45) is 17.6 Å². The fourth-order valence-electron chi connectivity index (χ4n) is 3.30. The van der Waals surface area contributed by atoms with Crippen molar-refractivity contribution in [2.75, 3.05) is 13.1 Å². The number of nitrogens with zero attached hydrogens (tertiary/aromatic N) is 1. The summed E-state index contributed by atoms with van der Waals surface area (Å²) in [7, 11) is 0. The standard InChI is InChI=1S/C19H30N2O.ClH/c1-15(2)14-18(20)19(22)21-12-10-17(11-13-21)9-8-16-6-4-3-5-7-16;/h3-7,15,17-18H,8-14,20H2,1-2H3;1H/t18-;/m0./s1. The third-order valence-corrected chi connectivity index (χ3v) is 4.65. The van der Waals surface area contributed by atoms with Gasteiger partial charge in [-0.15, -0.1) is 12.4 Å². The molecule has 1 aromatic rings. The Labute approximate surface area is 147 Å². The van der Waals surface area contributed by atoms with Gasteiger partial charge in [-0.3, -0.25) is 4.79 Å².